The van der Waals surface area contributed by atoms with Gasteiger partial charge in [-0.05, 0) is 66.2 Å². The average Bonchev–Trinajstić information content (AvgIpc) is 2.72. The molecule has 1 amide bonds. The van der Waals surface area contributed by atoms with Crippen molar-refractivity contribution in [3.63, 3.8) is 0 Å². The van der Waals surface area contributed by atoms with Crippen molar-refractivity contribution in [2.75, 3.05) is 7.11 Å². The van der Waals surface area contributed by atoms with Gasteiger partial charge in [0.1, 0.15) is 17.1 Å². The maximum Gasteiger partial charge on any atom is 0.264 e. The molecule has 2 aromatic carbocycles. The van der Waals surface area contributed by atoms with Crippen molar-refractivity contribution in [1.29, 1.82) is 0 Å². The molecule has 4 rings (SSSR count). The Balaban J connectivity index is 1.76. The number of rotatable bonds is 4. The van der Waals surface area contributed by atoms with E-state index in [9.17, 15) is 13.2 Å². The molecule has 1 atom stereocenters. The summed E-state index contributed by atoms with van der Waals surface area (Å²) in [5.41, 5.74) is 0.362. The SMILES string of the molecule is COc1ccc(Br)c2c1[C@H](C(=O)NS(=O)(=O)c1cccc3ncccc13)CC(C)(C)O2. The van der Waals surface area contributed by atoms with E-state index in [0.717, 1.165) is 0 Å². The van der Waals surface area contributed by atoms with Crippen molar-refractivity contribution in [3.8, 4) is 11.5 Å². The van der Waals surface area contributed by atoms with Crippen molar-refractivity contribution in [2.24, 2.45) is 0 Å². The number of hydrogen-bond donors (Lipinski definition) is 1. The number of sulfonamides is 1. The molecule has 0 saturated heterocycles. The second kappa shape index (κ2) is 7.80. The lowest BCUT2D eigenvalue weighted by Gasteiger charge is -2.38. The normalized spacial score (nSPS) is 17.5. The van der Waals surface area contributed by atoms with Crippen LogP contribution < -0.4 is 14.2 Å². The maximum absolute atomic E-state index is 13.3. The van der Waals surface area contributed by atoms with Crippen LogP contribution in [0.1, 0.15) is 31.7 Å². The van der Waals surface area contributed by atoms with Gasteiger partial charge in [-0.1, -0.05) is 6.07 Å². The number of halogens is 1. The fraction of sp³-hybridized carbons (Fsp3) is 0.273. The molecule has 0 unspecified atom stereocenters. The van der Waals surface area contributed by atoms with Gasteiger partial charge in [0.05, 0.1) is 27.9 Å². The van der Waals surface area contributed by atoms with Crippen molar-refractivity contribution in [1.82, 2.24) is 9.71 Å². The quantitative estimate of drug-likeness (QED) is 0.573. The van der Waals surface area contributed by atoms with Gasteiger partial charge in [0.25, 0.3) is 10.0 Å². The molecular formula is C22H21BrN2O5S. The Morgan fingerprint density at radius 3 is 2.74 bits per heavy atom. The van der Waals surface area contributed by atoms with E-state index in [1.807, 2.05) is 13.8 Å². The summed E-state index contributed by atoms with van der Waals surface area (Å²) in [6.45, 7) is 3.71. The smallest absolute Gasteiger partial charge is 0.264 e. The molecule has 0 fully saturated rings. The predicted molar refractivity (Wildman–Crippen MR) is 120 cm³/mol. The van der Waals surface area contributed by atoms with Gasteiger partial charge in [-0.3, -0.25) is 9.78 Å². The number of carbonyl (C=O) groups excluding carboxylic acids is 1. The lowest BCUT2D eigenvalue weighted by atomic mass is 9.83. The van der Waals surface area contributed by atoms with Crippen molar-refractivity contribution >= 4 is 42.8 Å². The third-order valence-electron chi connectivity index (χ3n) is 5.20. The summed E-state index contributed by atoms with van der Waals surface area (Å²) in [7, 11) is -2.64. The van der Waals surface area contributed by atoms with E-state index in [-0.39, 0.29) is 11.3 Å². The summed E-state index contributed by atoms with van der Waals surface area (Å²) < 4.78 is 40.8. The average molecular weight is 505 g/mol. The van der Waals surface area contributed by atoms with Crippen LogP contribution in [0.4, 0.5) is 0 Å². The van der Waals surface area contributed by atoms with Gasteiger partial charge in [0.15, 0.2) is 0 Å². The number of fused-ring (bicyclic) bond motifs is 2. The molecule has 1 aliphatic rings. The molecule has 0 aliphatic carbocycles. The molecule has 1 N–H and O–H groups in total. The molecular weight excluding hydrogens is 484 g/mol. The molecule has 3 aromatic rings. The summed E-state index contributed by atoms with van der Waals surface area (Å²) in [6, 6.07) is 11.6. The Bertz CT molecular complexity index is 1290. The van der Waals surface area contributed by atoms with E-state index in [0.29, 0.717) is 32.4 Å². The number of carbonyl (C=O) groups is 1. The van der Waals surface area contributed by atoms with Crippen molar-refractivity contribution in [3.05, 3.63) is 58.7 Å². The van der Waals surface area contributed by atoms with Gasteiger partial charge in [0.2, 0.25) is 5.91 Å². The first-order chi connectivity index (χ1) is 14.6. The second-order valence-electron chi connectivity index (χ2n) is 7.91. The molecule has 0 spiro atoms. The van der Waals surface area contributed by atoms with Crippen LogP contribution in [-0.4, -0.2) is 32.0 Å². The maximum atomic E-state index is 13.3. The van der Waals surface area contributed by atoms with Gasteiger partial charge in [-0.15, -0.1) is 0 Å². The number of ether oxygens (including phenoxy) is 2. The molecule has 0 bridgehead atoms. The Labute approximate surface area is 189 Å². The van der Waals surface area contributed by atoms with Gasteiger partial charge >= 0.3 is 0 Å². The third kappa shape index (κ3) is 3.99. The van der Waals surface area contributed by atoms with E-state index in [1.54, 1.807) is 42.6 Å². The number of benzene rings is 2. The Hall–Kier alpha value is -2.65. The summed E-state index contributed by atoms with van der Waals surface area (Å²) in [4.78, 5) is 17.5. The number of amides is 1. The van der Waals surface area contributed by atoms with E-state index in [1.165, 1.54) is 13.2 Å². The minimum absolute atomic E-state index is 0.000740. The standard InChI is InChI=1S/C22H21BrN2O5S/c1-22(2)12-14(19-17(29-3)10-9-15(23)20(19)30-22)21(26)25-31(27,28)18-8-4-7-16-13(18)6-5-11-24-16/h4-11,14H,12H2,1-3H3,(H,25,26)/t14-/m1/s1. The van der Waals surface area contributed by atoms with Gasteiger partial charge in [-0.25, -0.2) is 13.1 Å². The Morgan fingerprint density at radius 2 is 2.00 bits per heavy atom. The first-order valence-electron chi connectivity index (χ1n) is 9.59. The predicted octanol–water partition coefficient (Wildman–Crippen LogP) is 4.16. The van der Waals surface area contributed by atoms with Crippen LogP contribution in [0.5, 0.6) is 11.5 Å². The van der Waals surface area contributed by atoms with E-state index < -0.39 is 27.4 Å². The molecule has 1 aromatic heterocycles. The molecule has 0 radical (unpaired) electrons. The minimum Gasteiger partial charge on any atom is -0.496 e. The lowest BCUT2D eigenvalue weighted by Crippen LogP contribution is -2.42. The molecule has 9 heteroatoms. The second-order valence-corrected chi connectivity index (χ2v) is 10.4. The Kier molecular flexibility index (Phi) is 5.43. The van der Waals surface area contributed by atoms with Crippen LogP contribution in [0, 0.1) is 0 Å². The van der Waals surface area contributed by atoms with Crippen molar-refractivity contribution in [2.45, 2.75) is 36.7 Å². The molecule has 1 aliphatic heterocycles. The number of pyridine rings is 1. The van der Waals surface area contributed by atoms with Crippen LogP contribution in [0.3, 0.4) is 0 Å². The van der Waals surface area contributed by atoms with Crippen LogP contribution in [-0.2, 0) is 14.8 Å². The molecule has 31 heavy (non-hydrogen) atoms. The fourth-order valence-corrected chi connectivity index (χ4v) is 5.53. The van der Waals surface area contributed by atoms with Gasteiger partial charge in [-0.2, -0.15) is 0 Å². The van der Waals surface area contributed by atoms with Crippen LogP contribution in [0.25, 0.3) is 10.9 Å². The number of methoxy groups -OCH3 is 1. The summed E-state index contributed by atoms with van der Waals surface area (Å²) in [6.07, 6.45) is 1.87. The largest absolute Gasteiger partial charge is 0.496 e. The number of aromatic nitrogens is 1. The molecule has 2 heterocycles. The van der Waals surface area contributed by atoms with Crippen molar-refractivity contribution < 1.29 is 22.7 Å². The Morgan fingerprint density at radius 1 is 1.23 bits per heavy atom. The van der Waals surface area contributed by atoms with E-state index in [2.05, 4.69) is 25.6 Å². The van der Waals surface area contributed by atoms with Gasteiger partial charge in [0, 0.05) is 23.6 Å². The highest BCUT2D eigenvalue weighted by Crippen LogP contribution is 2.49. The van der Waals surface area contributed by atoms with Crippen LogP contribution in [0.2, 0.25) is 0 Å². The minimum atomic E-state index is -4.14. The first-order valence-corrected chi connectivity index (χ1v) is 11.9. The highest BCUT2D eigenvalue weighted by Gasteiger charge is 2.41. The van der Waals surface area contributed by atoms with Gasteiger partial charge < -0.3 is 9.47 Å². The zero-order valence-electron chi connectivity index (χ0n) is 17.2. The zero-order valence-corrected chi connectivity index (χ0v) is 19.6. The first kappa shape index (κ1) is 21.6. The lowest BCUT2D eigenvalue weighted by molar-refractivity contribution is -0.122. The highest BCUT2D eigenvalue weighted by atomic mass is 79.9. The van der Waals surface area contributed by atoms with Crippen LogP contribution >= 0.6 is 15.9 Å². The summed E-state index contributed by atoms with van der Waals surface area (Å²) in [5, 5.41) is 0.443. The number of hydrogen-bond acceptors (Lipinski definition) is 6. The summed E-state index contributed by atoms with van der Waals surface area (Å²) in [5.74, 6) is -0.493. The third-order valence-corrected chi connectivity index (χ3v) is 7.23. The number of nitrogens with zero attached hydrogens (tertiary/aromatic N) is 1. The van der Waals surface area contributed by atoms with Crippen LogP contribution in [0.15, 0.2) is 58.0 Å². The topological polar surface area (TPSA) is 94.6 Å². The molecule has 7 nitrogen and oxygen atoms in total. The number of nitrogens with one attached hydrogen (secondary N) is 1. The highest BCUT2D eigenvalue weighted by molar-refractivity contribution is 9.10. The monoisotopic (exact) mass is 504 g/mol. The van der Waals surface area contributed by atoms with E-state index >= 15 is 0 Å². The summed E-state index contributed by atoms with van der Waals surface area (Å²) >= 11 is 3.46. The zero-order chi connectivity index (χ0) is 22.4. The molecule has 162 valence electrons. The molecule has 0 saturated carbocycles. The van der Waals surface area contributed by atoms with E-state index in [4.69, 9.17) is 9.47 Å². The fourth-order valence-electron chi connectivity index (χ4n) is 3.87.